The van der Waals surface area contributed by atoms with Gasteiger partial charge in [0.15, 0.2) is 0 Å². The molecule has 0 heterocycles. The second kappa shape index (κ2) is 7.78. The van der Waals surface area contributed by atoms with Crippen LogP contribution in [-0.2, 0) is 4.79 Å². The van der Waals surface area contributed by atoms with Gasteiger partial charge in [0.1, 0.15) is 0 Å². The number of carbonyl (C=O) groups excluding carboxylic acids is 1. The number of rotatable bonds is 4. The molecule has 0 spiro atoms. The lowest BCUT2D eigenvalue weighted by atomic mass is 9.82. The first-order valence-corrected chi connectivity index (χ1v) is 7.33. The zero-order valence-electron chi connectivity index (χ0n) is 12.5. The van der Waals surface area contributed by atoms with Gasteiger partial charge in [-0.1, -0.05) is 49.1 Å². The Morgan fingerprint density at radius 1 is 1.29 bits per heavy atom. The monoisotopic (exact) mass is 312 g/mol. The summed E-state index contributed by atoms with van der Waals surface area (Å²) in [6.45, 7) is 2.21. The molecular weight excluding hydrogens is 288 g/mol. The van der Waals surface area contributed by atoms with E-state index in [9.17, 15) is 9.90 Å². The number of hydrogen-bond acceptors (Lipinski definition) is 3. The Kier molecular flexibility index (Phi) is 6.65. The average molecular weight is 313 g/mol. The average Bonchev–Trinajstić information content (AvgIpc) is 2.46. The van der Waals surface area contributed by atoms with E-state index in [1.165, 1.54) is 0 Å². The summed E-state index contributed by atoms with van der Waals surface area (Å²) in [6, 6.07) is 7.66. The summed E-state index contributed by atoms with van der Waals surface area (Å²) < 4.78 is 0. The van der Waals surface area contributed by atoms with Crippen molar-refractivity contribution in [3.63, 3.8) is 0 Å². The molecule has 1 aliphatic carbocycles. The molecule has 21 heavy (non-hydrogen) atoms. The highest BCUT2D eigenvalue weighted by Crippen LogP contribution is 2.26. The van der Waals surface area contributed by atoms with E-state index >= 15 is 0 Å². The van der Waals surface area contributed by atoms with Crippen molar-refractivity contribution in [2.75, 3.05) is 6.54 Å². The van der Waals surface area contributed by atoms with Gasteiger partial charge in [0, 0.05) is 6.54 Å². The molecule has 0 aliphatic heterocycles. The van der Waals surface area contributed by atoms with Gasteiger partial charge >= 0.3 is 0 Å². The molecule has 0 bridgehead atoms. The molecule has 1 aromatic carbocycles. The number of carbonyl (C=O) groups is 1. The summed E-state index contributed by atoms with van der Waals surface area (Å²) in [4.78, 5) is 12.2. The highest BCUT2D eigenvalue weighted by Gasteiger charge is 2.35. The number of hydrogen-bond donors (Lipinski definition) is 3. The minimum atomic E-state index is -0.745. The molecule has 0 radical (unpaired) electrons. The Bertz CT molecular complexity index is 456. The van der Waals surface area contributed by atoms with Crippen LogP contribution in [0, 0.1) is 6.92 Å². The van der Waals surface area contributed by atoms with Crippen molar-refractivity contribution in [3.05, 3.63) is 35.4 Å². The van der Waals surface area contributed by atoms with Crippen molar-refractivity contribution < 1.29 is 9.90 Å². The van der Waals surface area contributed by atoms with E-state index in [1.807, 2.05) is 31.2 Å². The first kappa shape index (κ1) is 18.0. The zero-order valence-corrected chi connectivity index (χ0v) is 13.3. The van der Waals surface area contributed by atoms with Crippen molar-refractivity contribution in [1.29, 1.82) is 0 Å². The lowest BCUT2D eigenvalue weighted by Gasteiger charge is -2.32. The molecule has 1 fully saturated rings. The maximum absolute atomic E-state index is 12.2. The number of aliphatic hydroxyl groups is 1. The maximum Gasteiger partial charge on any atom is 0.240 e. The van der Waals surface area contributed by atoms with Crippen molar-refractivity contribution in [2.24, 2.45) is 5.73 Å². The van der Waals surface area contributed by atoms with Crippen molar-refractivity contribution in [2.45, 2.75) is 50.7 Å². The topological polar surface area (TPSA) is 75.3 Å². The minimum Gasteiger partial charge on any atom is -0.387 e. The molecule has 0 aromatic heterocycles. The molecule has 1 aromatic rings. The minimum absolute atomic E-state index is 0. The zero-order chi connectivity index (χ0) is 14.6. The van der Waals surface area contributed by atoms with Crippen LogP contribution in [0.4, 0.5) is 0 Å². The molecule has 5 heteroatoms. The van der Waals surface area contributed by atoms with Crippen molar-refractivity contribution >= 4 is 18.3 Å². The highest BCUT2D eigenvalue weighted by atomic mass is 35.5. The Hall–Kier alpha value is -1.10. The lowest BCUT2D eigenvalue weighted by Crippen LogP contribution is -2.55. The van der Waals surface area contributed by atoms with Crippen LogP contribution in [0.5, 0.6) is 0 Å². The summed E-state index contributed by atoms with van der Waals surface area (Å²) in [5.41, 5.74) is 7.37. The summed E-state index contributed by atoms with van der Waals surface area (Å²) in [5, 5.41) is 12.9. The van der Waals surface area contributed by atoms with Gasteiger partial charge in [-0.05, 0) is 25.3 Å². The number of benzene rings is 1. The quantitative estimate of drug-likeness (QED) is 0.798. The van der Waals surface area contributed by atoms with E-state index in [0.717, 1.165) is 43.2 Å². The fourth-order valence-electron chi connectivity index (χ4n) is 2.68. The van der Waals surface area contributed by atoms with Crippen LogP contribution < -0.4 is 11.1 Å². The first-order valence-electron chi connectivity index (χ1n) is 7.33. The van der Waals surface area contributed by atoms with E-state index < -0.39 is 11.6 Å². The fraction of sp³-hybridized carbons (Fsp3) is 0.562. The van der Waals surface area contributed by atoms with E-state index in [-0.39, 0.29) is 24.9 Å². The number of halogens is 1. The van der Waals surface area contributed by atoms with Crippen molar-refractivity contribution in [1.82, 2.24) is 5.32 Å². The molecule has 4 N–H and O–H groups in total. The predicted molar refractivity (Wildman–Crippen MR) is 86.4 cm³/mol. The number of nitrogens with two attached hydrogens (primary N) is 1. The van der Waals surface area contributed by atoms with E-state index in [4.69, 9.17) is 5.73 Å². The second-order valence-electron chi connectivity index (χ2n) is 5.85. The van der Waals surface area contributed by atoms with Crippen LogP contribution >= 0.6 is 12.4 Å². The first-order chi connectivity index (χ1) is 9.51. The third kappa shape index (κ3) is 4.70. The third-order valence-corrected chi connectivity index (χ3v) is 4.12. The largest absolute Gasteiger partial charge is 0.387 e. The number of aliphatic hydroxyl groups excluding tert-OH is 1. The second-order valence-corrected chi connectivity index (χ2v) is 5.85. The number of aryl methyl sites for hydroxylation is 1. The molecular formula is C16H25ClN2O2. The Morgan fingerprint density at radius 2 is 1.86 bits per heavy atom. The van der Waals surface area contributed by atoms with Gasteiger partial charge in [-0.3, -0.25) is 4.79 Å². The highest BCUT2D eigenvalue weighted by molar-refractivity contribution is 5.86. The number of amides is 1. The van der Waals surface area contributed by atoms with E-state index in [0.29, 0.717) is 0 Å². The van der Waals surface area contributed by atoms with Crippen LogP contribution in [0.2, 0.25) is 0 Å². The van der Waals surface area contributed by atoms with Gasteiger partial charge < -0.3 is 16.2 Å². The standard InChI is InChI=1S/C16H24N2O2.ClH/c1-12-5-7-13(8-6-12)14(19)11-18-15(20)16(17)9-3-2-4-10-16;/h5-8,14,19H,2-4,9-11,17H2,1H3,(H,18,20);1H. The lowest BCUT2D eigenvalue weighted by molar-refractivity contribution is -0.128. The molecule has 1 saturated carbocycles. The Balaban J connectivity index is 0.00000220. The van der Waals surface area contributed by atoms with Gasteiger partial charge in [0.25, 0.3) is 0 Å². The van der Waals surface area contributed by atoms with E-state index in [1.54, 1.807) is 0 Å². The predicted octanol–water partition coefficient (Wildman–Crippen LogP) is 2.23. The van der Waals surface area contributed by atoms with Crippen LogP contribution in [0.3, 0.4) is 0 Å². The molecule has 1 unspecified atom stereocenters. The van der Waals surface area contributed by atoms with Gasteiger partial charge in [0.05, 0.1) is 11.6 Å². The molecule has 1 amide bonds. The smallest absolute Gasteiger partial charge is 0.240 e. The maximum atomic E-state index is 12.2. The number of nitrogens with one attached hydrogen (secondary N) is 1. The van der Waals surface area contributed by atoms with Gasteiger partial charge in [-0.2, -0.15) is 0 Å². The summed E-state index contributed by atoms with van der Waals surface area (Å²) >= 11 is 0. The normalized spacial score (nSPS) is 18.4. The molecule has 1 aliphatic rings. The van der Waals surface area contributed by atoms with Gasteiger partial charge in [0.2, 0.25) is 5.91 Å². The van der Waals surface area contributed by atoms with Crippen LogP contribution in [-0.4, -0.2) is 23.1 Å². The van der Waals surface area contributed by atoms with Crippen LogP contribution in [0.25, 0.3) is 0 Å². The fourth-order valence-corrected chi connectivity index (χ4v) is 2.68. The Labute approximate surface area is 132 Å². The van der Waals surface area contributed by atoms with Crippen LogP contribution in [0.15, 0.2) is 24.3 Å². The molecule has 0 saturated heterocycles. The Morgan fingerprint density at radius 3 is 2.43 bits per heavy atom. The van der Waals surface area contributed by atoms with Crippen LogP contribution in [0.1, 0.15) is 49.3 Å². The third-order valence-electron chi connectivity index (χ3n) is 4.12. The molecule has 118 valence electrons. The summed E-state index contributed by atoms with van der Waals surface area (Å²) in [7, 11) is 0. The molecule has 1 atom stereocenters. The van der Waals surface area contributed by atoms with Gasteiger partial charge in [-0.15, -0.1) is 12.4 Å². The summed E-state index contributed by atoms with van der Waals surface area (Å²) in [5.74, 6) is -0.136. The van der Waals surface area contributed by atoms with E-state index in [2.05, 4.69) is 5.32 Å². The molecule has 4 nitrogen and oxygen atoms in total. The SMILES string of the molecule is Cc1ccc(C(O)CNC(=O)C2(N)CCCCC2)cc1.Cl. The summed E-state index contributed by atoms with van der Waals surface area (Å²) in [6.07, 6.45) is 3.94. The molecule has 2 rings (SSSR count). The van der Waals surface area contributed by atoms with Crippen molar-refractivity contribution in [3.8, 4) is 0 Å². The van der Waals surface area contributed by atoms with Gasteiger partial charge in [-0.25, -0.2) is 0 Å².